The number of nitrogens with two attached hydrogens (primary N) is 3. The quantitative estimate of drug-likeness (QED) is 0.138. The third kappa shape index (κ3) is 10.5. The van der Waals surface area contributed by atoms with E-state index in [-0.39, 0.29) is 5.92 Å². The summed E-state index contributed by atoms with van der Waals surface area (Å²) in [6.07, 6.45) is 1.23. The Kier molecular flexibility index (Phi) is 13.1. The molecule has 0 spiro atoms. The summed E-state index contributed by atoms with van der Waals surface area (Å²) >= 11 is 0. The molecule has 0 aromatic heterocycles. The van der Waals surface area contributed by atoms with Gasteiger partial charge >= 0.3 is 5.97 Å². The van der Waals surface area contributed by atoms with Gasteiger partial charge in [-0.3, -0.25) is 19.2 Å². The van der Waals surface area contributed by atoms with Gasteiger partial charge in [0.05, 0.1) is 12.5 Å². The van der Waals surface area contributed by atoms with Crippen LogP contribution in [0.25, 0.3) is 0 Å². The normalized spacial score (nSPS) is 14.9. The van der Waals surface area contributed by atoms with Crippen LogP contribution >= 0.6 is 0 Å². The molecular weight excluding hydrogens is 420 g/mol. The molecule has 0 rings (SSSR count). The van der Waals surface area contributed by atoms with Crippen LogP contribution in [0.4, 0.5) is 0 Å². The van der Waals surface area contributed by atoms with Gasteiger partial charge in [0.25, 0.3) is 0 Å². The van der Waals surface area contributed by atoms with Crippen molar-refractivity contribution in [1.82, 2.24) is 16.0 Å². The van der Waals surface area contributed by atoms with Gasteiger partial charge in [-0.15, -0.1) is 0 Å². The monoisotopic (exact) mass is 458 g/mol. The minimum atomic E-state index is -1.41. The lowest BCUT2D eigenvalue weighted by Crippen LogP contribution is -2.59. The summed E-state index contributed by atoms with van der Waals surface area (Å²) in [6, 6.07) is -4.49. The van der Waals surface area contributed by atoms with E-state index in [2.05, 4.69) is 16.0 Å². The Morgan fingerprint density at radius 3 is 1.78 bits per heavy atom. The fourth-order valence-corrected chi connectivity index (χ4v) is 2.87. The molecule has 0 saturated carbocycles. The standard InChI is InChI=1S/C20H38N6O6/c1-10(2)15(25-17(28)12(22)7-5-6-8-21)19(30)24-13(9-14(23)27)18(29)26-16(11(3)4)20(31)32/h10-13,15-16H,5-9,21-22H2,1-4H3,(H2,23,27)(H,24,30)(H,25,28)(H,26,29)(H,31,32). The molecule has 12 heteroatoms. The molecule has 4 unspecified atom stereocenters. The number of primary amides is 1. The highest BCUT2D eigenvalue weighted by molar-refractivity contribution is 5.96. The lowest BCUT2D eigenvalue weighted by molar-refractivity contribution is -0.143. The molecule has 12 nitrogen and oxygen atoms in total. The summed E-state index contributed by atoms with van der Waals surface area (Å²) in [5.41, 5.74) is 16.5. The lowest BCUT2D eigenvalue weighted by atomic mass is 10.0. The van der Waals surface area contributed by atoms with Crippen molar-refractivity contribution in [3.05, 3.63) is 0 Å². The molecule has 10 N–H and O–H groups in total. The first-order valence-corrected chi connectivity index (χ1v) is 10.7. The molecule has 184 valence electrons. The third-order valence-corrected chi connectivity index (χ3v) is 4.82. The summed E-state index contributed by atoms with van der Waals surface area (Å²) in [7, 11) is 0. The zero-order valence-electron chi connectivity index (χ0n) is 19.2. The van der Waals surface area contributed by atoms with Gasteiger partial charge in [0.2, 0.25) is 23.6 Å². The number of hydrogen-bond donors (Lipinski definition) is 7. The zero-order valence-corrected chi connectivity index (χ0v) is 19.2. The maximum Gasteiger partial charge on any atom is 0.326 e. The Morgan fingerprint density at radius 1 is 0.812 bits per heavy atom. The van der Waals surface area contributed by atoms with Crippen molar-refractivity contribution in [2.24, 2.45) is 29.0 Å². The molecular formula is C20H38N6O6. The number of carbonyl (C=O) groups is 5. The van der Waals surface area contributed by atoms with Crippen LogP contribution in [-0.4, -0.2) is 65.4 Å². The van der Waals surface area contributed by atoms with E-state index in [0.29, 0.717) is 25.8 Å². The molecule has 0 saturated heterocycles. The summed E-state index contributed by atoms with van der Waals surface area (Å²) in [5, 5.41) is 16.5. The predicted octanol–water partition coefficient (Wildman–Crippen LogP) is -1.83. The molecule has 0 fully saturated rings. The number of nitrogens with one attached hydrogen (secondary N) is 3. The number of unbranched alkanes of at least 4 members (excludes halogenated alkanes) is 1. The van der Waals surface area contributed by atoms with Crippen molar-refractivity contribution in [3.8, 4) is 0 Å². The Bertz CT molecular complexity index is 669. The van der Waals surface area contributed by atoms with Crippen LogP contribution in [0, 0.1) is 11.8 Å². The molecule has 0 aliphatic rings. The van der Waals surface area contributed by atoms with Crippen LogP contribution in [0.2, 0.25) is 0 Å². The van der Waals surface area contributed by atoms with Crippen LogP contribution in [0.1, 0.15) is 53.4 Å². The lowest BCUT2D eigenvalue weighted by Gasteiger charge is -2.27. The smallest absolute Gasteiger partial charge is 0.326 e. The van der Waals surface area contributed by atoms with Gasteiger partial charge in [-0.25, -0.2) is 4.79 Å². The molecule has 32 heavy (non-hydrogen) atoms. The van der Waals surface area contributed by atoms with Crippen molar-refractivity contribution in [2.45, 2.75) is 77.5 Å². The number of carboxylic acids is 1. The van der Waals surface area contributed by atoms with Crippen LogP contribution in [0.15, 0.2) is 0 Å². The summed E-state index contributed by atoms with van der Waals surface area (Å²) in [6.45, 7) is 7.05. The van der Waals surface area contributed by atoms with E-state index < -0.39 is 66.1 Å². The van der Waals surface area contributed by atoms with Crippen molar-refractivity contribution in [2.75, 3.05) is 6.54 Å². The predicted molar refractivity (Wildman–Crippen MR) is 118 cm³/mol. The van der Waals surface area contributed by atoms with Gasteiger partial charge in [-0.05, 0) is 31.2 Å². The maximum atomic E-state index is 12.8. The van der Waals surface area contributed by atoms with E-state index in [1.165, 1.54) is 0 Å². The number of carboxylic acid groups (broad SMARTS) is 1. The van der Waals surface area contributed by atoms with Gasteiger partial charge in [0.15, 0.2) is 0 Å². The molecule has 0 aromatic carbocycles. The van der Waals surface area contributed by atoms with E-state index in [9.17, 15) is 29.1 Å². The van der Waals surface area contributed by atoms with Gasteiger partial charge in [0, 0.05) is 0 Å². The number of amides is 4. The first-order chi connectivity index (χ1) is 14.8. The van der Waals surface area contributed by atoms with E-state index in [1.54, 1.807) is 27.7 Å². The third-order valence-electron chi connectivity index (χ3n) is 4.82. The number of aliphatic carboxylic acids is 1. The van der Waals surface area contributed by atoms with Crippen molar-refractivity contribution < 1.29 is 29.1 Å². The molecule has 4 amide bonds. The fraction of sp³-hybridized carbons (Fsp3) is 0.750. The van der Waals surface area contributed by atoms with Crippen LogP contribution < -0.4 is 33.2 Å². The van der Waals surface area contributed by atoms with Crippen molar-refractivity contribution in [3.63, 3.8) is 0 Å². The second-order valence-electron chi connectivity index (χ2n) is 8.42. The van der Waals surface area contributed by atoms with E-state index in [0.717, 1.165) is 0 Å². The van der Waals surface area contributed by atoms with Crippen LogP contribution in [-0.2, 0) is 24.0 Å². The van der Waals surface area contributed by atoms with Gasteiger partial charge in [-0.1, -0.05) is 34.1 Å². The Balaban J connectivity index is 5.35. The summed E-state index contributed by atoms with van der Waals surface area (Å²) < 4.78 is 0. The van der Waals surface area contributed by atoms with E-state index >= 15 is 0 Å². The number of rotatable bonds is 15. The Morgan fingerprint density at radius 2 is 1.34 bits per heavy atom. The second kappa shape index (κ2) is 14.4. The topological polar surface area (TPSA) is 220 Å². The summed E-state index contributed by atoms with van der Waals surface area (Å²) in [4.78, 5) is 60.6. The second-order valence-corrected chi connectivity index (χ2v) is 8.42. The summed E-state index contributed by atoms with van der Waals surface area (Å²) in [5.74, 6) is -5.05. The Labute approximate surface area is 188 Å². The maximum absolute atomic E-state index is 12.8. The number of carbonyl (C=O) groups excluding carboxylic acids is 4. The first kappa shape index (κ1) is 29.3. The minimum Gasteiger partial charge on any atom is -0.480 e. The zero-order chi connectivity index (χ0) is 25.0. The highest BCUT2D eigenvalue weighted by Gasteiger charge is 2.33. The number of hydrogen-bond acceptors (Lipinski definition) is 7. The van der Waals surface area contributed by atoms with Gasteiger partial charge < -0.3 is 38.3 Å². The molecule has 0 aliphatic carbocycles. The largest absolute Gasteiger partial charge is 0.480 e. The molecule has 0 heterocycles. The average molecular weight is 459 g/mol. The first-order valence-electron chi connectivity index (χ1n) is 10.7. The Hall–Kier alpha value is -2.73. The van der Waals surface area contributed by atoms with E-state index in [4.69, 9.17) is 17.2 Å². The average Bonchev–Trinajstić information content (AvgIpc) is 2.67. The molecule has 0 radical (unpaired) electrons. The molecule has 0 aromatic rings. The highest BCUT2D eigenvalue weighted by Crippen LogP contribution is 2.07. The van der Waals surface area contributed by atoms with Gasteiger partial charge in [0.1, 0.15) is 18.1 Å². The minimum absolute atomic E-state index is 0.366. The van der Waals surface area contributed by atoms with Crippen molar-refractivity contribution in [1.29, 1.82) is 0 Å². The van der Waals surface area contributed by atoms with Crippen LogP contribution in [0.5, 0.6) is 0 Å². The van der Waals surface area contributed by atoms with Gasteiger partial charge in [-0.2, -0.15) is 0 Å². The fourth-order valence-electron chi connectivity index (χ4n) is 2.87. The molecule has 0 aliphatic heterocycles. The van der Waals surface area contributed by atoms with Crippen molar-refractivity contribution >= 4 is 29.6 Å². The highest BCUT2D eigenvalue weighted by atomic mass is 16.4. The SMILES string of the molecule is CC(C)C(NC(=O)C(CC(N)=O)NC(=O)C(NC(=O)C(N)CCCCN)C(C)C)C(=O)O. The molecule has 0 bridgehead atoms. The van der Waals surface area contributed by atoms with Crippen LogP contribution in [0.3, 0.4) is 0 Å². The molecule has 4 atom stereocenters. The van der Waals surface area contributed by atoms with E-state index in [1.807, 2.05) is 0 Å².